The fourth-order valence-corrected chi connectivity index (χ4v) is 6.47. The first-order valence-electron chi connectivity index (χ1n) is 8.63. The number of benzene rings is 3. The van der Waals surface area contributed by atoms with Crippen molar-refractivity contribution in [1.82, 2.24) is 4.98 Å². The van der Waals surface area contributed by atoms with Gasteiger partial charge in [0.2, 0.25) is 0 Å². The summed E-state index contributed by atoms with van der Waals surface area (Å²) in [5, 5.41) is 2.37. The van der Waals surface area contributed by atoms with Crippen molar-refractivity contribution in [2.75, 3.05) is 4.72 Å². The number of sulfonamides is 1. The molecule has 4 aromatic rings. The van der Waals surface area contributed by atoms with Gasteiger partial charge in [-0.15, -0.1) is 11.3 Å². The molecule has 0 fully saturated rings. The maximum Gasteiger partial charge on any atom is 0.263 e. The van der Waals surface area contributed by atoms with Crippen molar-refractivity contribution in [2.45, 2.75) is 11.3 Å². The first-order valence-corrected chi connectivity index (χ1v) is 12.8. The summed E-state index contributed by atoms with van der Waals surface area (Å²) < 4.78 is 28.9. The first-order chi connectivity index (χ1) is 14.6. The molecular formula is C20H11Cl5N2O2S2. The molecule has 1 aromatic heterocycles. The van der Waals surface area contributed by atoms with Gasteiger partial charge in [-0.05, 0) is 54.1 Å². The van der Waals surface area contributed by atoms with E-state index >= 15 is 0 Å². The predicted molar refractivity (Wildman–Crippen MR) is 131 cm³/mol. The summed E-state index contributed by atoms with van der Waals surface area (Å²) in [4.78, 5) is 4.46. The second-order valence-electron chi connectivity index (χ2n) is 6.50. The molecule has 0 amide bonds. The van der Waals surface area contributed by atoms with Gasteiger partial charge < -0.3 is 0 Å². The molecule has 1 heterocycles. The highest BCUT2D eigenvalue weighted by Gasteiger charge is 2.20. The van der Waals surface area contributed by atoms with E-state index in [2.05, 4.69) is 9.71 Å². The smallest absolute Gasteiger partial charge is 0.263 e. The highest BCUT2D eigenvalue weighted by atomic mass is 35.5. The molecular weight excluding hydrogens is 542 g/mol. The number of halogens is 5. The summed E-state index contributed by atoms with van der Waals surface area (Å²) in [5.41, 5.74) is 1.64. The Hall–Kier alpha value is -1.25. The lowest BCUT2D eigenvalue weighted by Crippen LogP contribution is -2.13. The fraction of sp³-hybridized carbons (Fsp3) is 0.0500. The van der Waals surface area contributed by atoms with E-state index in [0.717, 1.165) is 15.2 Å². The van der Waals surface area contributed by atoms with Crippen LogP contribution < -0.4 is 4.72 Å². The van der Waals surface area contributed by atoms with E-state index in [0.29, 0.717) is 32.1 Å². The van der Waals surface area contributed by atoms with Gasteiger partial charge >= 0.3 is 0 Å². The molecule has 3 aromatic carbocycles. The molecule has 0 spiro atoms. The zero-order chi connectivity index (χ0) is 22.3. The lowest BCUT2D eigenvalue weighted by Gasteiger charge is -2.13. The number of aromatic nitrogens is 1. The van der Waals surface area contributed by atoms with E-state index in [9.17, 15) is 8.42 Å². The van der Waals surface area contributed by atoms with Gasteiger partial charge in [0.05, 0.1) is 25.9 Å². The Labute approximate surface area is 207 Å². The van der Waals surface area contributed by atoms with Crippen LogP contribution in [0, 0.1) is 0 Å². The van der Waals surface area contributed by atoms with Gasteiger partial charge in [-0.25, -0.2) is 13.4 Å². The van der Waals surface area contributed by atoms with Crippen molar-refractivity contribution < 1.29 is 8.42 Å². The van der Waals surface area contributed by atoms with E-state index in [4.69, 9.17) is 58.0 Å². The third-order valence-electron chi connectivity index (χ3n) is 4.30. The van der Waals surface area contributed by atoms with E-state index in [1.807, 2.05) is 6.07 Å². The van der Waals surface area contributed by atoms with Crippen molar-refractivity contribution in [1.29, 1.82) is 0 Å². The number of nitrogens with zero attached hydrogens (tertiary/aromatic N) is 1. The number of fused-ring (bicyclic) bond motifs is 1. The first kappa shape index (κ1) is 22.9. The van der Waals surface area contributed by atoms with E-state index in [1.54, 1.807) is 12.1 Å². The average molecular weight is 553 g/mol. The summed E-state index contributed by atoms with van der Waals surface area (Å²) in [7, 11) is -3.97. The lowest BCUT2D eigenvalue weighted by atomic mass is 10.1. The lowest BCUT2D eigenvalue weighted by molar-refractivity contribution is 0.601. The molecule has 0 radical (unpaired) electrons. The van der Waals surface area contributed by atoms with Crippen LogP contribution in [0.2, 0.25) is 25.1 Å². The minimum absolute atomic E-state index is 0.00440. The number of anilines is 1. The fourth-order valence-electron chi connectivity index (χ4n) is 2.91. The Balaban J connectivity index is 1.62. The summed E-state index contributed by atoms with van der Waals surface area (Å²) in [6, 6.07) is 12.6. The van der Waals surface area contributed by atoms with Crippen molar-refractivity contribution in [2.24, 2.45) is 0 Å². The Morgan fingerprint density at radius 3 is 2.16 bits per heavy atom. The monoisotopic (exact) mass is 550 g/mol. The normalized spacial score (nSPS) is 11.8. The van der Waals surface area contributed by atoms with Crippen LogP contribution in [-0.2, 0) is 16.4 Å². The standard InChI is InChI=1S/C20H11Cl5N2O2S2/c21-10-2-4-19(16(25)5-10)31(28,29)27-12-7-14(23)13(15(24)8-12)9-20-26-17-6-11(22)1-3-18(17)30-20/h1-8,27H,9H2. The van der Waals surface area contributed by atoms with Gasteiger partial charge in [-0.2, -0.15) is 0 Å². The van der Waals surface area contributed by atoms with Crippen molar-refractivity contribution >= 4 is 95.3 Å². The molecule has 11 heteroatoms. The van der Waals surface area contributed by atoms with Crippen LogP contribution in [0.4, 0.5) is 5.69 Å². The molecule has 0 saturated heterocycles. The number of rotatable bonds is 5. The maximum atomic E-state index is 12.7. The molecule has 1 N–H and O–H groups in total. The van der Waals surface area contributed by atoms with E-state index < -0.39 is 10.0 Å². The molecule has 0 bridgehead atoms. The highest BCUT2D eigenvalue weighted by molar-refractivity contribution is 7.92. The molecule has 0 aliphatic carbocycles. The Morgan fingerprint density at radius 1 is 0.839 bits per heavy atom. The van der Waals surface area contributed by atoms with E-state index in [-0.39, 0.29) is 15.6 Å². The third-order valence-corrected chi connectivity index (χ3v) is 8.34. The number of hydrogen-bond acceptors (Lipinski definition) is 4. The average Bonchev–Trinajstić information content (AvgIpc) is 3.05. The Kier molecular flexibility index (Phi) is 6.62. The molecule has 4 rings (SSSR count). The van der Waals surface area contributed by atoms with Gasteiger partial charge in [-0.1, -0.05) is 58.0 Å². The minimum atomic E-state index is -3.97. The van der Waals surface area contributed by atoms with Crippen LogP contribution in [-0.4, -0.2) is 13.4 Å². The molecule has 0 aliphatic rings. The molecule has 0 unspecified atom stereocenters. The summed E-state index contributed by atoms with van der Waals surface area (Å²) in [6.45, 7) is 0. The van der Waals surface area contributed by atoms with Gasteiger partial charge in [0.25, 0.3) is 10.0 Å². The third kappa shape index (κ3) is 5.06. The molecule has 31 heavy (non-hydrogen) atoms. The molecule has 0 atom stereocenters. The van der Waals surface area contributed by atoms with Crippen LogP contribution in [0.3, 0.4) is 0 Å². The molecule has 160 valence electrons. The molecule has 0 aliphatic heterocycles. The Bertz CT molecular complexity index is 1400. The number of hydrogen-bond donors (Lipinski definition) is 1. The SMILES string of the molecule is O=S(=O)(Nc1cc(Cl)c(Cc2nc3cc(Cl)ccc3s2)c(Cl)c1)c1ccc(Cl)cc1Cl. The van der Waals surface area contributed by atoms with Gasteiger partial charge in [0.15, 0.2) is 0 Å². The van der Waals surface area contributed by atoms with Crippen LogP contribution in [0.5, 0.6) is 0 Å². The largest absolute Gasteiger partial charge is 0.279 e. The highest BCUT2D eigenvalue weighted by Crippen LogP contribution is 2.35. The predicted octanol–water partition coefficient (Wildman–Crippen LogP) is 7.95. The Morgan fingerprint density at radius 2 is 1.48 bits per heavy atom. The summed E-state index contributed by atoms with van der Waals surface area (Å²) >= 11 is 32.3. The van der Waals surface area contributed by atoms with Crippen LogP contribution in [0.15, 0.2) is 53.4 Å². The van der Waals surface area contributed by atoms with Crippen molar-refractivity contribution in [3.63, 3.8) is 0 Å². The van der Waals surface area contributed by atoms with E-state index in [1.165, 1.54) is 41.7 Å². The van der Waals surface area contributed by atoms with Crippen LogP contribution in [0.25, 0.3) is 10.2 Å². The van der Waals surface area contributed by atoms with Crippen LogP contribution in [0.1, 0.15) is 10.6 Å². The maximum absolute atomic E-state index is 12.7. The van der Waals surface area contributed by atoms with Gasteiger partial charge in [0, 0.05) is 26.5 Å². The summed E-state index contributed by atoms with van der Waals surface area (Å²) in [5.74, 6) is 0. The zero-order valence-electron chi connectivity index (χ0n) is 15.3. The molecule has 4 nitrogen and oxygen atoms in total. The van der Waals surface area contributed by atoms with Gasteiger partial charge in [-0.3, -0.25) is 4.72 Å². The molecule has 0 saturated carbocycles. The topological polar surface area (TPSA) is 59.1 Å². The number of nitrogens with one attached hydrogen (secondary N) is 1. The zero-order valence-corrected chi connectivity index (χ0v) is 20.7. The second-order valence-corrected chi connectivity index (χ2v) is 11.4. The van der Waals surface area contributed by atoms with Crippen molar-refractivity contribution in [3.05, 3.63) is 84.2 Å². The van der Waals surface area contributed by atoms with Gasteiger partial charge in [0.1, 0.15) is 4.90 Å². The quantitative estimate of drug-likeness (QED) is 0.273. The van der Waals surface area contributed by atoms with Crippen LogP contribution >= 0.6 is 69.3 Å². The van der Waals surface area contributed by atoms with Crippen molar-refractivity contribution in [3.8, 4) is 0 Å². The second kappa shape index (κ2) is 8.94. The minimum Gasteiger partial charge on any atom is -0.279 e. The number of thiazole rings is 1. The summed E-state index contributed by atoms with van der Waals surface area (Å²) in [6.07, 6.45) is 0.394.